The van der Waals surface area contributed by atoms with E-state index in [0.29, 0.717) is 12.3 Å². The van der Waals surface area contributed by atoms with E-state index < -0.39 is 0 Å². The SMILES string of the molecule is CCC1CCCN(CC(=O)c2c(C)cc(C)cc2C)CC1. The van der Waals surface area contributed by atoms with Crippen molar-refractivity contribution in [3.63, 3.8) is 0 Å². The van der Waals surface area contributed by atoms with Crippen LogP contribution in [0.2, 0.25) is 0 Å². The molecule has 1 unspecified atom stereocenters. The molecule has 1 saturated heterocycles. The molecule has 2 rings (SSSR count). The average Bonchev–Trinajstić information content (AvgIpc) is 2.62. The quantitative estimate of drug-likeness (QED) is 0.769. The number of Topliss-reactive ketones (excluding diaryl/α,β-unsaturated/α-hetero) is 1. The average molecular weight is 287 g/mol. The van der Waals surface area contributed by atoms with Crippen molar-refractivity contribution in [1.29, 1.82) is 0 Å². The number of likely N-dealkylation sites (tertiary alicyclic amines) is 1. The van der Waals surface area contributed by atoms with Gasteiger partial charge in [-0.25, -0.2) is 0 Å². The number of ketones is 1. The van der Waals surface area contributed by atoms with E-state index in [-0.39, 0.29) is 0 Å². The van der Waals surface area contributed by atoms with Crippen molar-refractivity contribution < 1.29 is 4.79 Å². The zero-order valence-electron chi connectivity index (χ0n) is 14.0. The first kappa shape index (κ1) is 16.2. The first-order valence-corrected chi connectivity index (χ1v) is 8.34. The molecule has 0 spiro atoms. The van der Waals surface area contributed by atoms with Gasteiger partial charge in [0.2, 0.25) is 0 Å². The van der Waals surface area contributed by atoms with Crippen molar-refractivity contribution in [3.8, 4) is 0 Å². The Morgan fingerprint density at radius 1 is 1.14 bits per heavy atom. The summed E-state index contributed by atoms with van der Waals surface area (Å²) in [4.78, 5) is 15.0. The Balaban J connectivity index is 2.05. The fraction of sp³-hybridized carbons (Fsp3) is 0.632. The maximum absolute atomic E-state index is 12.7. The van der Waals surface area contributed by atoms with Crippen molar-refractivity contribution in [1.82, 2.24) is 4.90 Å². The predicted octanol–water partition coefficient (Wildman–Crippen LogP) is 4.31. The Morgan fingerprint density at radius 2 is 1.81 bits per heavy atom. The van der Waals surface area contributed by atoms with Gasteiger partial charge in [0.25, 0.3) is 0 Å². The number of nitrogens with zero attached hydrogens (tertiary/aromatic N) is 1. The van der Waals surface area contributed by atoms with Gasteiger partial charge in [-0.05, 0) is 70.2 Å². The minimum Gasteiger partial charge on any atom is -0.296 e. The number of carbonyl (C=O) groups is 1. The number of benzene rings is 1. The van der Waals surface area contributed by atoms with Crippen LogP contribution in [0.1, 0.15) is 59.7 Å². The minimum absolute atomic E-state index is 0.292. The molecule has 0 saturated carbocycles. The summed E-state index contributed by atoms with van der Waals surface area (Å²) in [6.07, 6.45) is 5.08. The van der Waals surface area contributed by atoms with E-state index in [0.717, 1.165) is 35.7 Å². The molecule has 0 aromatic heterocycles. The van der Waals surface area contributed by atoms with E-state index >= 15 is 0 Å². The highest BCUT2D eigenvalue weighted by atomic mass is 16.1. The molecular formula is C19H29NO. The molecule has 1 aromatic carbocycles. The van der Waals surface area contributed by atoms with Crippen LogP contribution in [0.25, 0.3) is 0 Å². The Kier molecular flexibility index (Phi) is 5.58. The molecule has 0 radical (unpaired) electrons. The summed E-state index contributed by atoms with van der Waals surface area (Å²) >= 11 is 0. The molecule has 1 heterocycles. The summed E-state index contributed by atoms with van der Waals surface area (Å²) in [6.45, 7) is 11.2. The largest absolute Gasteiger partial charge is 0.296 e. The van der Waals surface area contributed by atoms with Crippen molar-refractivity contribution in [2.45, 2.75) is 53.4 Å². The Bertz CT molecular complexity index is 483. The van der Waals surface area contributed by atoms with Gasteiger partial charge in [0.15, 0.2) is 5.78 Å². The van der Waals surface area contributed by atoms with Gasteiger partial charge >= 0.3 is 0 Å². The van der Waals surface area contributed by atoms with Gasteiger partial charge in [0.05, 0.1) is 6.54 Å². The van der Waals surface area contributed by atoms with Gasteiger partial charge in [-0.15, -0.1) is 0 Å². The van der Waals surface area contributed by atoms with Crippen LogP contribution in [-0.2, 0) is 0 Å². The van der Waals surface area contributed by atoms with Crippen molar-refractivity contribution in [3.05, 3.63) is 34.4 Å². The monoisotopic (exact) mass is 287 g/mol. The molecule has 0 amide bonds. The summed E-state index contributed by atoms with van der Waals surface area (Å²) in [5, 5.41) is 0. The van der Waals surface area contributed by atoms with Crippen LogP contribution < -0.4 is 0 Å². The standard InChI is InChI=1S/C19H29NO/c1-5-17-7-6-9-20(10-8-17)13-18(21)19-15(3)11-14(2)12-16(19)4/h11-12,17H,5-10,13H2,1-4H3. The topological polar surface area (TPSA) is 20.3 Å². The molecule has 21 heavy (non-hydrogen) atoms. The molecule has 1 aliphatic heterocycles. The minimum atomic E-state index is 0.292. The zero-order chi connectivity index (χ0) is 15.4. The number of aryl methyl sites for hydroxylation is 3. The number of hydrogen-bond donors (Lipinski definition) is 0. The van der Waals surface area contributed by atoms with Crippen molar-refractivity contribution in [2.24, 2.45) is 5.92 Å². The number of hydrogen-bond acceptors (Lipinski definition) is 2. The summed E-state index contributed by atoms with van der Waals surface area (Å²) in [5.74, 6) is 1.15. The molecule has 116 valence electrons. The summed E-state index contributed by atoms with van der Waals surface area (Å²) < 4.78 is 0. The van der Waals surface area contributed by atoms with Gasteiger partial charge in [-0.2, -0.15) is 0 Å². The van der Waals surface area contributed by atoms with E-state index in [1.165, 1.54) is 31.2 Å². The second kappa shape index (κ2) is 7.22. The lowest BCUT2D eigenvalue weighted by Gasteiger charge is -2.20. The van der Waals surface area contributed by atoms with Crippen LogP contribution in [-0.4, -0.2) is 30.3 Å². The summed E-state index contributed by atoms with van der Waals surface area (Å²) in [6, 6.07) is 4.24. The lowest BCUT2D eigenvalue weighted by molar-refractivity contribution is 0.0931. The Labute approximate surface area is 129 Å². The summed E-state index contributed by atoms with van der Waals surface area (Å²) in [5.41, 5.74) is 4.43. The van der Waals surface area contributed by atoms with Gasteiger partial charge in [0, 0.05) is 5.56 Å². The second-order valence-electron chi connectivity index (χ2n) is 6.68. The second-order valence-corrected chi connectivity index (χ2v) is 6.68. The van der Waals surface area contributed by atoms with E-state index in [4.69, 9.17) is 0 Å². The molecule has 2 nitrogen and oxygen atoms in total. The van der Waals surface area contributed by atoms with Crippen LogP contribution in [0.4, 0.5) is 0 Å². The Hall–Kier alpha value is -1.15. The maximum Gasteiger partial charge on any atom is 0.177 e. The molecule has 1 aliphatic rings. The fourth-order valence-corrected chi connectivity index (χ4v) is 3.69. The van der Waals surface area contributed by atoms with Crippen molar-refractivity contribution in [2.75, 3.05) is 19.6 Å². The van der Waals surface area contributed by atoms with Gasteiger partial charge < -0.3 is 0 Å². The first-order chi connectivity index (χ1) is 10.0. The van der Waals surface area contributed by atoms with E-state index in [9.17, 15) is 4.79 Å². The van der Waals surface area contributed by atoms with Gasteiger partial charge in [-0.3, -0.25) is 9.69 Å². The smallest absolute Gasteiger partial charge is 0.177 e. The third kappa shape index (κ3) is 4.16. The molecule has 1 aromatic rings. The molecule has 1 fully saturated rings. The van der Waals surface area contributed by atoms with Crippen molar-refractivity contribution >= 4 is 5.78 Å². The third-order valence-electron chi connectivity index (χ3n) is 4.84. The van der Waals surface area contributed by atoms with Crippen LogP contribution in [0.5, 0.6) is 0 Å². The predicted molar refractivity (Wildman–Crippen MR) is 89.1 cm³/mol. The number of carbonyl (C=O) groups excluding carboxylic acids is 1. The van der Waals surface area contributed by atoms with E-state index in [1.807, 2.05) is 0 Å². The highest BCUT2D eigenvalue weighted by Crippen LogP contribution is 2.22. The fourth-order valence-electron chi connectivity index (χ4n) is 3.69. The highest BCUT2D eigenvalue weighted by Gasteiger charge is 2.20. The van der Waals surface area contributed by atoms with Crippen LogP contribution in [0.3, 0.4) is 0 Å². The van der Waals surface area contributed by atoms with Gasteiger partial charge in [-0.1, -0.05) is 31.0 Å². The maximum atomic E-state index is 12.7. The molecule has 0 aliphatic carbocycles. The number of rotatable bonds is 4. The van der Waals surface area contributed by atoms with E-state index in [1.54, 1.807) is 0 Å². The zero-order valence-corrected chi connectivity index (χ0v) is 14.0. The molecule has 1 atom stereocenters. The van der Waals surface area contributed by atoms with E-state index in [2.05, 4.69) is 44.7 Å². The van der Waals surface area contributed by atoms with Gasteiger partial charge in [0.1, 0.15) is 0 Å². The first-order valence-electron chi connectivity index (χ1n) is 8.34. The van der Waals surface area contributed by atoms with Crippen LogP contribution >= 0.6 is 0 Å². The normalized spacial score (nSPS) is 20.3. The molecule has 0 bridgehead atoms. The molecule has 2 heteroatoms. The Morgan fingerprint density at radius 3 is 2.43 bits per heavy atom. The summed E-state index contributed by atoms with van der Waals surface area (Å²) in [7, 11) is 0. The molecular weight excluding hydrogens is 258 g/mol. The van der Waals surface area contributed by atoms with Crippen LogP contribution in [0, 0.1) is 26.7 Å². The lowest BCUT2D eigenvalue weighted by Crippen LogP contribution is -2.31. The van der Waals surface area contributed by atoms with Crippen LogP contribution in [0.15, 0.2) is 12.1 Å². The molecule has 0 N–H and O–H groups in total. The lowest BCUT2D eigenvalue weighted by atomic mass is 9.96. The highest BCUT2D eigenvalue weighted by molar-refractivity contribution is 6.00. The third-order valence-corrected chi connectivity index (χ3v) is 4.84.